The maximum absolute atomic E-state index is 13.7. The largest absolute Gasteiger partial charge is 0.416 e. The van der Waals surface area contributed by atoms with Crippen molar-refractivity contribution in [2.24, 2.45) is 0 Å². The molecule has 1 aliphatic rings. The van der Waals surface area contributed by atoms with Crippen molar-refractivity contribution in [1.29, 1.82) is 0 Å². The Morgan fingerprint density at radius 3 is 2.38 bits per heavy atom. The summed E-state index contributed by atoms with van der Waals surface area (Å²) in [5.74, 6) is 0.762. The van der Waals surface area contributed by atoms with Crippen LogP contribution in [0.1, 0.15) is 43.4 Å². The van der Waals surface area contributed by atoms with Crippen molar-refractivity contribution in [3.8, 4) is 0 Å². The van der Waals surface area contributed by atoms with Gasteiger partial charge in [-0.1, -0.05) is 26.8 Å². The Labute approximate surface area is 151 Å². The lowest BCUT2D eigenvalue weighted by Crippen LogP contribution is -2.50. The van der Waals surface area contributed by atoms with Crippen molar-refractivity contribution in [3.05, 3.63) is 47.0 Å². The molecule has 142 valence electrons. The summed E-state index contributed by atoms with van der Waals surface area (Å²) < 4.78 is 42.8. The van der Waals surface area contributed by atoms with Gasteiger partial charge < -0.3 is 14.6 Å². The number of benzene rings is 1. The number of aliphatic hydroxyl groups excluding tert-OH is 1. The zero-order valence-electron chi connectivity index (χ0n) is 15.4. The molecule has 0 atom stereocenters. The van der Waals surface area contributed by atoms with E-state index in [1.807, 2.05) is 32.3 Å². The van der Waals surface area contributed by atoms with Gasteiger partial charge in [0.05, 0.1) is 11.7 Å². The first-order valence-electron chi connectivity index (χ1n) is 8.62. The highest BCUT2D eigenvalue weighted by atomic mass is 19.4. The van der Waals surface area contributed by atoms with Crippen LogP contribution in [0.25, 0.3) is 0 Å². The van der Waals surface area contributed by atoms with E-state index in [2.05, 4.69) is 4.98 Å². The number of hydrogen-bond acceptors (Lipinski definition) is 3. The smallest absolute Gasteiger partial charge is 0.389 e. The van der Waals surface area contributed by atoms with Crippen LogP contribution in [-0.4, -0.2) is 33.9 Å². The van der Waals surface area contributed by atoms with Gasteiger partial charge in [0.25, 0.3) is 0 Å². The number of β-amino-alcohol motifs (C(OH)–C–C–N with tert-alkyl or cyclic N) is 1. The molecule has 0 radical (unpaired) electrons. The van der Waals surface area contributed by atoms with Crippen LogP contribution in [0, 0.1) is 6.92 Å². The van der Waals surface area contributed by atoms with E-state index in [0.29, 0.717) is 18.8 Å². The summed E-state index contributed by atoms with van der Waals surface area (Å²) in [7, 11) is 0. The molecule has 0 amide bonds. The van der Waals surface area contributed by atoms with Crippen LogP contribution in [0.3, 0.4) is 0 Å². The number of hydrogen-bond donors (Lipinski definition) is 1. The van der Waals surface area contributed by atoms with E-state index in [0.717, 1.165) is 11.5 Å². The van der Waals surface area contributed by atoms with Gasteiger partial charge in [-0.15, -0.1) is 0 Å². The highest BCUT2D eigenvalue weighted by molar-refractivity contribution is 5.54. The SMILES string of the molecule is Cc1cnc(C(C)(C)C)n1Cc1ccc(N2CC(O)C2)cc1C(F)(F)F. The first-order valence-corrected chi connectivity index (χ1v) is 8.62. The first-order chi connectivity index (χ1) is 12.0. The minimum Gasteiger partial charge on any atom is -0.389 e. The van der Waals surface area contributed by atoms with E-state index < -0.39 is 17.8 Å². The number of aryl methyl sites for hydroxylation is 1. The third-order valence-corrected chi connectivity index (χ3v) is 4.68. The standard InChI is InChI=1S/C19H24F3N3O/c1-12-8-23-17(18(2,3)4)25(12)9-13-5-6-14(24-10-15(26)11-24)7-16(13)19(20,21)22/h5-8,15,26H,9-11H2,1-4H3. The Morgan fingerprint density at radius 1 is 1.19 bits per heavy atom. The predicted molar refractivity (Wildman–Crippen MR) is 94.4 cm³/mol. The van der Waals surface area contributed by atoms with Gasteiger partial charge in [0.15, 0.2) is 0 Å². The molecule has 7 heteroatoms. The lowest BCUT2D eigenvalue weighted by atomic mass is 9.95. The molecular formula is C19H24F3N3O. The van der Waals surface area contributed by atoms with E-state index in [1.165, 1.54) is 12.1 Å². The number of halogens is 3. The summed E-state index contributed by atoms with van der Waals surface area (Å²) >= 11 is 0. The molecule has 2 aromatic rings. The second-order valence-electron chi connectivity index (χ2n) is 7.96. The van der Waals surface area contributed by atoms with Crippen molar-refractivity contribution in [3.63, 3.8) is 0 Å². The van der Waals surface area contributed by atoms with Crippen molar-refractivity contribution in [2.75, 3.05) is 18.0 Å². The molecule has 1 aromatic heterocycles. The van der Waals surface area contributed by atoms with E-state index in [9.17, 15) is 18.3 Å². The Hall–Kier alpha value is -2.02. The first kappa shape index (κ1) is 18.8. The fourth-order valence-electron chi connectivity index (χ4n) is 3.26. The van der Waals surface area contributed by atoms with Crippen LogP contribution >= 0.6 is 0 Å². The van der Waals surface area contributed by atoms with Crippen molar-refractivity contribution in [2.45, 2.75) is 51.9 Å². The monoisotopic (exact) mass is 367 g/mol. The van der Waals surface area contributed by atoms with E-state index >= 15 is 0 Å². The molecule has 1 aliphatic heterocycles. The quantitative estimate of drug-likeness (QED) is 0.899. The van der Waals surface area contributed by atoms with Crippen LogP contribution in [-0.2, 0) is 18.1 Å². The van der Waals surface area contributed by atoms with Crippen molar-refractivity contribution < 1.29 is 18.3 Å². The lowest BCUT2D eigenvalue weighted by Gasteiger charge is -2.38. The molecule has 0 aliphatic carbocycles. The van der Waals surface area contributed by atoms with Gasteiger partial charge >= 0.3 is 6.18 Å². The van der Waals surface area contributed by atoms with Crippen molar-refractivity contribution >= 4 is 5.69 Å². The molecule has 0 saturated carbocycles. The maximum Gasteiger partial charge on any atom is 0.416 e. The molecule has 4 nitrogen and oxygen atoms in total. The minimum atomic E-state index is -4.44. The van der Waals surface area contributed by atoms with E-state index in [1.54, 1.807) is 17.2 Å². The Bertz CT molecular complexity index is 799. The minimum absolute atomic E-state index is 0.121. The average molecular weight is 367 g/mol. The predicted octanol–water partition coefficient (Wildman–Crippen LogP) is 3.74. The molecule has 1 saturated heterocycles. The molecule has 0 spiro atoms. The number of anilines is 1. The molecule has 3 rings (SSSR count). The van der Waals surface area contributed by atoms with Gasteiger partial charge in [0.2, 0.25) is 0 Å². The normalized spacial score (nSPS) is 16.1. The fourth-order valence-corrected chi connectivity index (χ4v) is 3.26. The topological polar surface area (TPSA) is 41.3 Å². The molecular weight excluding hydrogens is 343 g/mol. The third-order valence-electron chi connectivity index (χ3n) is 4.68. The van der Waals surface area contributed by atoms with Gasteiger partial charge in [-0.2, -0.15) is 13.2 Å². The van der Waals surface area contributed by atoms with Crippen LogP contribution in [0.5, 0.6) is 0 Å². The molecule has 0 unspecified atom stereocenters. The molecule has 1 N–H and O–H groups in total. The molecule has 1 aromatic carbocycles. The zero-order valence-corrected chi connectivity index (χ0v) is 15.4. The summed E-state index contributed by atoms with van der Waals surface area (Å²) in [5.41, 5.74) is 0.640. The fraction of sp³-hybridized carbons (Fsp3) is 0.526. The van der Waals surface area contributed by atoms with Gasteiger partial charge in [-0.3, -0.25) is 0 Å². The van der Waals surface area contributed by atoms with Crippen molar-refractivity contribution in [1.82, 2.24) is 9.55 Å². The zero-order chi connectivity index (χ0) is 19.3. The summed E-state index contributed by atoms with van der Waals surface area (Å²) in [4.78, 5) is 6.14. The number of aliphatic hydroxyl groups is 1. The van der Waals surface area contributed by atoms with Gasteiger partial charge in [0.1, 0.15) is 5.82 Å². The van der Waals surface area contributed by atoms with E-state index in [4.69, 9.17) is 0 Å². The Kier molecular flexibility index (Phi) is 4.55. The maximum atomic E-state index is 13.7. The molecule has 2 heterocycles. The Morgan fingerprint density at radius 2 is 1.85 bits per heavy atom. The van der Waals surface area contributed by atoms with Crippen LogP contribution in [0.15, 0.2) is 24.4 Å². The Balaban J connectivity index is 1.99. The number of imidazole rings is 1. The number of nitrogens with zero attached hydrogens (tertiary/aromatic N) is 3. The summed E-state index contributed by atoms with van der Waals surface area (Å²) in [6.07, 6.45) is -3.21. The lowest BCUT2D eigenvalue weighted by molar-refractivity contribution is -0.138. The number of aromatic nitrogens is 2. The molecule has 1 fully saturated rings. The third kappa shape index (κ3) is 3.58. The van der Waals surface area contributed by atoms with Crippen LogP contribution in [0.4, 0.5) is 18.9 Å². The number of alkyl halides is 3. The van der Waals surface area contributed by atoms with Gasteiger partial charge in [0, 0.05) is 42.6 Å². The van der Waals surface area contributed by atoms with Crippen LogP contribution in [0.2, 0.25) is 0 Å². The molecule has 0 bridgehead atoms. The highest BCUT2D eigenvalue weighted by Gasteiger charge is 2.35. The second-order valence-corrected chi connectivity index (χ2v) is 7.96. The summed E-state index contributed by atoms with van der Waals surface area (Å²) in [6.45, 7) is 8.69. The second kappa shape index (κ2) is 6.30. The highest BCUT2D eigenvalue weighted by Crippen LogP contribution is 2.36. The van der Waals surface area contributed by atoms with Gasteiger partial charge in [-0.25, -0.2) is 4.98 Å². The average Bonchev–Trinajstić information content (AvgIpc) is 2.85. The van der Waals surface area contributed by atoms with E-state index in [-0.39, 0.29) is 17.5 Å². The summed E-state index contributed by atoms with van der Waals surface area (Å²) in [6, 6.07) is 4.42. The summed E-state index contributed by atoms with van der Waals surface area (Å²) in [5, 5.41) is 9.40. The van der Waals surface area contributed by atoms with Gasteiger partial charge in [-0.05, 0) is 24.6 Å². The molecule has 26 heavy (non-hydrogen) atoms. The number of rotatable bonds is 3. The van der Waals surface area contributed by atoms with Crippen LogP contribution < -0.4 is 4.90 Å².